The summed E-state index contributed by atoms with van der Waals surface area (Å²) < 4.78 is 0. The highest BCUT2D eigenvalue weighted by atomic mass is 15.1. The Morgan fingerprint density at radius 1 is 1.15 bits per heavy atom. The first-order chi connectivity index (χ1) is 13.3. The fourth-order valence-electron chi connectivity index (χ4n) is 4.17. The number of nitrogens with one attached hydrogen (secondary N) is 1. The molecule has 0 aromatic carbocycles. The summed E-state index contributed by atoms with van der Waals surface area (Å²) in [6.45, 7) is 5.64. The fraction of sp³-hybridized carbons (Fsp3) is 0.500. The van der Waals surface area contributed by atoms with Crippen molar-refractivity contribution in [3.8, 4) is 0 Å². The molecule has 1 N–H and O–H groups in total. The second-order valence-electron chi connectivity index (χ2n) is 7.85. The first-order valence-corrected chi connectivity index (χ1v) is 10.2. The number of likely N-dealkylation sites (tertiary alicyclic amines) is 1. The number of pyridine rings is 1. The van der Waals surface area contributed by atoms with Crippen LogP contribution in [0, 0.1) is 12.8 Å². The number of aromatic nitrogens is 3. The Labute approximate surface area is 162 Å². The van der Waals surface area contributed by atoms with Crippen molar-refractivity contribution in [2.24, 2.45) is 5.92 Å². The monoisotopic (exact) mass is 363 g/mol. The van der Waals surface area contributed by atoms with E-state index in [4.69, 9.17) is 4.98 Å². The van der Waals surface area contributed by atoms with Gasteiger partial charge in [0.2, 0.25) is 0 Å². The minimum Gasteiger partial charge on any atom is -0.323 e. The van der Waals surface area contributed by atoms with E-state index < -0.39 is 0 Å². The second-order valence-corrected chi connectivity index (χ2v) is 7.85. The van der Waals surface area contributed by atoms with E-state index in [-0.39, 0.29) is 0 Å². The van der Waals surface area contributed by atoms with E-state index in [1.807, 2.05) is 25.3 Å². The third-order valence-corrected chi connectivity index (χ3v) is 5.81. The van der Waals surface area contributed by atoms with Gasteiger partial charge in [-0.15, -0.1) is 0 Å². The molecule has 5 heteroatoms. The Kier molecular flexibility index (Phi) is 5.78. The first kappa shape index (κ1) is 18.1. The van der Waals surface area contributed by atoms with Gasteiger partial charge in [-0.05, 0) is 69.7 Å². The minimum absolute atomic E-state index is 0.506. The molecule has 2 aliphatic rings. The number of anilines is 2. The number of hydrogen-bond donors (Lipinski definition) is 1. The van der Waals surface area contributed by atoms with Gasteiger partial charge >= 0.3 is 0 Å². The summed E-state index contributed by atoms with van der Waals surface area (Å²) in [6, 6.07) is 3.99. The van der Waals surface area contributed by atoms with E-state index in [2.05, 4.69) is 32.3 Å². The molecule has 142 valence electrons. The Bertz CT molecular complexity index is 780. The molecule has 0 saturated carbocycles. The van der Waals surface area contributed by atoms with E-state index in [0.717, 1.165) is 28.8 Å². The SMILES string of the molecule is Cc1cccnc1Nc1cncc(C2CCN(C[C@@H]3CC=CCC3)CC2)n1. The molecule has 1 atom stereocenters. The zero-order valence-electron chi connectivity index (χ0n) is 16.1. The average Bonchev–Trinajstić information content (AvgIpc) is 2.71. The van der Waals surface area contributed by atoms with Crippen LogP contribution in [-0.4, -0.2) is 39.5 Å². The molecule has 3 heterocycles. The zero-order valence-corrected chi connectivity index (χ0v) is 16.1. The molecule has 1 aliphatic heterocycles. The van der Waals surface area contributed by atoms with Gasteiger partial charge in [0.15, 0.2) is 0 Å². The van der Waals surface area contributed by atoms with Crippen LogP contribution < -0.4 is 5.32 Å². The highest BCUT2D eigenvalue weighted by Crippen LogP contribution is 2.29. The third-order valence-electron chi connectivity index (χ3n) is 5.81. The van der Waals surface area contributed by atoms with Crippen molar-refractivity contribution in [3.05, 3.63) is 54.1 Å². The molecular weight excluding hydrogens is 334 g/mol. The maximum Gasteiger partial charge on any atom is 0.150 e. The maximum atomic E-state index is 4.83. The van der Waals surface area contributed by atoms with E-state index >= 15 is 0 Å². The lowest BCUT2D eigenvalue weighted by molar-refractivity contribution is 0.176. The average molecular weight is 364 g/mol. The summed E-state index contributed by atoms with van der Waals surface area (Å²) in [4.78, 5) is 16.3. The summed E-state index contributed by atoms with van der Waals surface area (Å²) in [5.41, 5.74) is 2.21. The van der Waals surface area contributed by atoms with Crippen LogP contribution in [-0.2, 0) is 0 Å². The predicted molar refractivity (Wildman–Crippen MR) is 109 cm³/mol. The summed E-state index contributed by atoms with van der Waals surface area (Å²) in [5, 5.41) is 3.31. The van der Waals surface area contributed by atoms with E-state index in [1.165, 1.54) is 51.7 Å². The van der Waals surface area contributed by atoms with E-state index in [0.29, 0.717) is 5.92 Å². The van der Waals surface area contributed by atoms with Crippen molar-refractivity contribution in [1.29, 1.82) is 0 Å². The maximum absolute atomic E-state index is 4.83. The van der Waals surface area contributed by atoms with Crippen molar-refractivity contribution in [2.45, 2.75) is 44.9 Å². The van der Waals surface area contributed by atoms with E-state index in [1.54, 1.807) is 12.4 Å². The second kappa shape index (κ2) is 8.61. The molecule has 2 aromatic heterocycles. The molecule has 1 fully saturated rings. The smallest absolute Gasteiger partial charge is 0.150 e. The molecule has 0 spiro atoms. The molecular formula is C22H29N5. The summed E-state index contributed by atoms with van der Waals surface area (Å²) in [5.74, 6) is 2.98. The van der Waals surface area contributed by atoms with E-state index in [9.17, 15) is 0 Å². The molecule has 0 unspecified atom stereocenters. The number of allylic oxidation sites excluding steroid dienone is 2. The van der Waals surface area contributed by atoms with Gasteiger partial charge in [0.05, 0.1) is 11.9 Å². The minimum atomic E-state index is 0.506. The van der Waals surface area contributed by atoms with Crippen molar-refractivity contribution < 1.29 is 0 Å². The van der Waals surface area contributed by atoms with Crippen LogP contribution in [0.25, 0.3) is 0 Å². The van der Waals surface area contributed by atoms with Crippen LogP contribution >= 0.6 is 0 Å². The van der Waals surface area contributed by atoms with Crippen molar-refractivity contribution >= 4 is 11.6 Å². The molecule has 1 aliphatic carbocycles. The number of nitrogens with zero attached hydrogens (tertiary/aromatic N) is 4. The number of rotatable bonds is 5. The quantitative estimate of drug-likeness (QED) is 0.795. The lowest BCUT2D eigenvalue weighted by Crippen LogP contribution is -2.37. The van der Waals surface area contributed by atoms with Gasteiger partial charge in [-0.2, -0.15) is 0 Å². The Balaban J connectivity index is 1.34. The van der Waals surface area contributed by atoms with Crippen LogP contribution in [0.15, 0.2) is 42.9 Å². The van der Waals surface area contributed by atoms with Crippen molar-refractivity contribution in [2.75, 3.05) is 25.0 Å². The first-order valence-electron chi connectivity index (χ1n) is 10.2. The number of aryl methyl sites for hydroxylation is 1. The van der Waals surface area contributed by atoms with Crippen LogP contribution in [0.5, 0.6) is 0 Å². The molecule has 27 heavy (non-hydrogen) atoms. The number of piperidine rings is 1. The highest BCUT2D eigenvalue weighted by molar-refractivity contribution is 5.54. The van der Waals surface area contributed by atoms with Crippen LogP contribution in [0.1, 0.15) is 49.3 Å². The molecule has 1 saturated heterocycles. The standard InChI is InChI=1S/C22H29N5/c1-17-6-5-11-24-22(17)26-21-15-23-14-20(25-21)19-9-12-27(13-10-19)16-18-7-3-2-4-8-18/h2-3,5-6,11,14-15,18-19H,4,7-10,12-13,16H2,1H3,(H,24,25,26)/t18-/m1/s1. The Morgan fingerprint density at radius 3 is 2.81 bits per heavy atom. The zero-order chi connectivity index (χ0) is 18.5. The van der Waals surface area contributed by atoms with Crippen LogP contribution in [0.3, 0.4) is 0 Å². The van der Waals surface area contributed by atoms with Crippen molar-refractivity contribution in [1.82, 2.24) is 19.9 Å². The lowest BCUT2D eigenvalue weighted by Gasteiger charge is -2.34. The van der Waals surface area contributed by atoms with Crippen molar-refractivity contribution in [3.63, 3.8) is 0 Å². The molecule has 0 bridgehead atoms. The Morgan fingerprint density at radius 2 is 2.04 bits per heavy atom. The fourth-order valence-corrected chi connectivity index (χ4v) is 4.17. The molecule has 0 amide bonds. The molecule has 2 aromatic rings. The van der Waals surface area contributed by atoms with Crippen LogP contribution in [0.4, 0.5) is 11.6 Å². The summed E-state index contributed by atoms with van der Waals surface area (Å²) in [7, 11) is 0. The summed E-state index contributed by atoms with van der Waals surface area (Å²) in [6.07, 6.45) is 16.4. The lowest BCUT2D eigenvalue weighted by atomic mass is 9.90. The van der Waals surface area contributed by atoms with Crippen LogP contribution in [0.2, 0.25) is 0 Å². The van der Waals surface area contributed by atoms with Gasteiger partial charge in [-0.3, -0.25) is 4.98 Å². The highest BCUT2D eigenvalue weighted by Gasteiger charge is 2.24. The largest absolute Gasteiger partial charge is 0.323 e. The number of hydrogen-bond acceptors (Lipinski definition) is 5. The topological polar surface area (TPSA) is 53.9 Å². The molecule has 5 nitrogen and oxygen atoms in total. The normalized spacial score (nSPS) is 21.3. The summed E-state index contributed by atoms with van der Waals surface area (Å²) >= 11 is 0. The van der Waals surface area contributed by atoms with Gasteiger partial charge in [0.1, 0.15) is 11.6 Å². The van der Waals surface area contributed by atoms with Gasteiger partial charge in [0, 0.05) is 24.9 Å². The van der Waals surface area contributed by atoms with Gasteiger partial charge in [0.25, 0.3) is 0 Å². The van der Waals surface area contributed by atoms with Gasteiger partial charge in [-0.1, -0.05) is 18.2 Å². The molecule has 0 radical (unpaired) electrons. The third kappa shape index (κ3) is 4.72. The van der Waals surface area contributed by atoms with Gasteiger partial charge in [-0.25, -0.2) is 9.97 Å². The Hall–Kier alpha value is -2.27. The van der Waals surface area contributed by atoms with Gasteiger partial charge < -0.3 is 10.2 Å². The molecule has 4 rings (SSSR count). The predicted octanol–water partition coefficient (Wildman–Crippen LogP) is 4.46.